The summed E-state index contributed by atoms with van der Waals surface area (Å²) in [6, 6.07) is 0. The second kappa shape index (κ2) is 1.90. The van der Waals surface area contributed by atoms with Crippen molar-refractivity contribution in [3.63, 3.8) is 0 Å². The maximum atomic E-state index is 12.5. The second-order valence-electron chi connectivity index (χ2n) is 2.54. The predicted octanol–water partition coefficient (Wildman–Crippen LogP) is 1.68. The quantitative estimate of drug-likeness (QED) is 0.532. The molecular formula is C6H10F2O. The molecule has 3 heteroatoms. The Labute approximate surface area is 53.0 Å². The van der Waals surface area contributed by atoms with Gasteiger partial charge in [0.1, 0.15) is 6.10 Å². The third-order valence-electron chi connectivity index (χ3n) is 1.94. The molecular weight excluding hydrogens is 126 g/mol. The molecule has 0 saturated heterocycles. The molecule has 2 atom stereocenters. The molecule has 1 rings (SSSR count). The van der Waals surface area contributed by atoms with Gasteiger partial charge in [-0.3, -0.25) is 0 Å². The first-order valence-electron chi connectivity index (χ1n) is 2.99. The molecule has 9 heavy (non-hydrogen) atoms. The molecule has 2 unspecified atom stereocenters. The van der Waals surface area contributed by atoms with Crippen LogP contribution in [0.2, 0.25) is 0 Å². The average Bonchev–Trinajstić information content (AvgIpc) is 1.82. The summed E-state index contributed by atoms with van der Waals surface area (Å²) in [7, 11) is 1.32. The monoisotopic (exact) mass is 136 g/mol. The van der Waals surface area contributed by atoms with Crippen LogP contribution in [0, 0.1) is 5.92 Å². The van der Waals surface area contributed by atoms with Crippen LogP contribution in [0.3, 0.4) is 0 Å². The fourth-order valence-electron chi connectivity index (χ4n) is 1.05. The van der Waals surface area contributed by atoms with Gasteiger partial charge in [-0.25, -0.2) is 8.78 Å². The number of alkyl halides is 2. The zero-order valence-electron chi connectivity index (χ0n) is 5.53. The van der Waals surface area contributed by atoms with Gasteiger partial charge in [0.2, 0.25) is 0 Å². The van der Waals surface area contributed by atoms with Gasteiger partial charge in [-0.05, 0) is 6.42 Å². The highest BCUT2D eigenvalue weighted by atomic mass is 19.3. The Bertz CT molecular complexity index is 114. The standard InChI is InChI=1S/C6H10F2O/c1-4-3-5(9-2)6(4,7)8/h4-5H,3H2,1-2H3. The molecule has 0 radical (unpaired) electrons. The van der Waals surface area contributed by atoms with Gasteiger partial charge in [0.15, 0.2) is 0 Å². The Kier molecular flexibility index (Phi) is 1.47. The predicted molar refractivity (Wildman–Crippen MR) is 29.5 cm³/mol. The lowest BCUT2D eigenvalue weighted by atomic mass is 9.79. The van der Waals surface area contributed by atoms with Crippen molar-refractivity contribution in [2.24, 2.45) is 5.92 Å². The summed E-state index contributed by atoms with van der Waals surface area (Å²) >= 11 is 0. The van der Waals surface area contributed by atoms with Crippen LogP contribution >= 0.6 is 0 Å². The van der Waals surface area contributed by atoms with Gasteiger partial charge in [-0.1, -0.05) is 6.92 Å². The third-order valence-corrected chi connectivity index (χ3v) is 1.94. The van der Waals surface area contributed by atoms with Crippen molar-refractivity contribution in [3.05, 3.63) is 0 Å². The van der Waals surface area contributed by atoms with E-state index < -0.39 is 17.9 Å². The van der Waals surface area contributed by atoms with E-state index in [0.717, 1.165) is 0 Å². The Balaban J connectivity index is 2.48. The smallest absolute Gasteiger partial charge is 0.276 e. The first kappa shape index (κ1) is 6.93. The Morgan fingerprint density at radius 3 is 2.22 bits per heavy atom. The van der Waals surface area contributed by atoms with Crippen molar-refractivity contribution in [2.75, 3.05) is 7.11 Å². The van der Waals surface area contributed by atoms with Gasteiger partial charge in [-0.2, -0.15) is 0 Å². The normalized spacial score (nSPS) is 40.0. The summed E-state index contributed by atoms with van der Waals surface area (Å²) < 4.78 is 29.5. The molecule has 1 nitrogen and oxygen atoms in total. The maximum absolute atomic E-state index is 12.5. The topological polar surface area (TPSA) is 9.23 Å². The zero-order valence-corrected chi connectivity index (χ0v) is 5.53. The summed E-state index contributed by atoms with van der Waals surface area (Å²) in [6.45, 7) is 1.54. The molecule has 0 bridgehead atoms. The van der Waals surface area contributed by atoms with Crippen LogP contribution in [0.4, 0.5) is 8.78 Å². The molecule has 1 aliphatic rings. The number of hydrogen-bond donors (Lipinski definition) is 0. The van der Waals surface area contributed by atoms with Crippen molar-refractivity contribution in [3.8, 4) is 0 Å². The highest BCUT2D eigenvalue weighted by molar-refractivity contribution is 4.95. The maximum Gasteiger partial charge on any atom is 0.276 e. The number of ether oxygens (including phenoxy) is 1. The van der Waals surface area contributed by atoms with E-state index in [9.17, 15) is 8.78 Å². The summed E-state index contributed by atoms with van der Waals surface area (Å²) in [5, 5.41) is 0. The van der Waals surface area contributed by atoms with Crippen molar-refractivity contribution in [1.29, 1.82) is 0 Å². The molecule has 0 aromatic rings. The van der Waals surface area contributed by atoms with Crippen LogP contribution < -0.4 is 0 Å². The lowest BCUT2D eigenvalue weighted by molar-refractivity contribution is -0.227. The van der Waals surface area contributed by atoms with Crippen molar-refractivity contribution in [1.82, 2.24) is 0 Å². The summed E-state index contributed by atoms with van der Waals surface area (Å²) in [6.07, 6.45) is -0.337. The largest absolute Gasteiger partial charge is 0.375 e. The fourth-order valence-corrected chi connectivity index (χ4v) is 1.05. The van der Waals surface area contributed by atoms with Crippen molar-refractivity contribution in [2.45, 2.75) is 25.4 Å². The molecule has 0 amide bonds. The third kappa shape index (κ3) is 0.834. The number of hydrogen-bond acceptors (Lipinski definition) is 1. The molecule has 0 spiro atoms. The Hall–Kier alpha value is -0.180. The minimum atomic E-state index is -2.57. The van der Waals surface area contributed by atoms with E-state index in [-0.39, 0.29) is 0 Å². The SMILES string of the molecule is COC1CC(C)C1(F)F. The molecule has 0 aliphatic heterocycles. The highest BCUT2D eigenvalue weighted by Gasteiger charge is 2.55. The highest BCUT2D eigenvalue weighted by Crippen LogP contribution is 2.44. The van der Waals surface area contributed by atoms with Gasteiger partial charge in [0.05, 0.1) is 0 Å². The van der Waals surface area contributed by atoms with Crippen LogP contribution in [-0.2, 0) is 4.74 Å². The molecule has 1 saturated carbocycles. The molecule has 0 heterocycles. The van der Waals surface area contributed by atoms with Gasteiger partial charge in [0.25, 0.3) is 5.92 Å². The van der Waals surface area contributed by atoms with Gasteiger partial charge in [0, 0.05) is 13.0 Å². The number of halogens is 2. The number of methoxy groups -OCH3 is 1. The van der Waals surface area contributed by atoms with E-state index in [1.165, 1.54) is 14.0 Å². The lowest BCUT2D eigenvalue weighted by Crippen LogP contribution is -2.52. The van der Waals surface area contributed by atoms with E-state index in [1.807, 2.05) is 0 Å². The minimum absolute atomic E-state index is 0.490. The summed E-state index contributed by atoms with van der Waals surface area (Å²) in [5.41, 5.74) is 0. The van der Waals surface area contributed by atoms with E-state index in [2.05, 4.69) is 4.74 Å². The summed E-state index contributed by atoms with van der Waals surface area (Å²) in [4.78, 5) is 0. The molecule has 0 N–H and O–H groups in total. The summed E-state index contributed by atoms with van der Waals surface area (Å²) in [5.74, 6) is -3.07. The molecule has 0 aromatic carbocycles. The van der Waals surface area contributed by atoms with Gasteiger partial charge >= 0.3 is 0 Å². The Morgan fingerprint density at radius 2 is 2.11 bits per heavy atom. The molecule has 54 valence electrons. The van der Waals surface area contributed by atoms with Crippen LogP contribution in [0.15, 0.2) is 0 Å². The van der Waals surface area contributed by atoms with E-state index in [0.29, 0.717) is 6.42 Å². The van der Waals surface area contributed by atoms with Crippen LogP contribution in [0.1, 0.15) is 13.3 Å². The molecule has 0 aromatic heterocycles. The Morgan fingerprint density at radius 1 is 1.56 bits per heavy atom. The molecule has 1 aliphatic carbocycles. The fraction of sp³-hybridized carbons (Fsp3) is 1.00. The van der Waals surface area contributed by atoms with Gasteiger partial charge in [-0.15, -0.1) is 0 Å². The van der Waals surface area contributed by atoms with E-state index in [1.54, 1.807) is 0 Å². The first-order chi connectivity index (χ1) is 4.09. The van der Waals surface area contributed by atoms with E-state index >= 15 is 0 Å². The number of rotatable bonds is 1. The average molecular weight is 136 g/mol. The van der Waals surface area contributed by atoms with Crippen molar-refractivity contribution >= 4 is 0 Å². The van der Waals surface area contributed by atoms with E-state index in [4.69, 9.17) is 0 Å². The van der Waals surface area contributed by atoms with Crippen LogP contribution in [-0.4, -0.2) is 19.1 Å². The zero-order chi connectivity index (χ0) is 7.07. The van der Waals surface area contributed by atoms with Crippen LogP contribution in [0.5, 0.6) is 0 Å². The first-order valence-corrected chi connectivity index (χ1v) is 2.99. The second-order valence-corrected chi connectivity index (χ2v) is 2.54. The minimum Gasteiger partial charge on any atom is -0.375 e. The lowest BCUT2D eigenvalue weighted by Gasteiger charge is -2.41. The van der Waals surface area contributed by atoms with Crippen molar-refractivity contribution < 1.29 is 13.5 Å². The molecule has 1 fully saturated rings. The van der Waals surface area contributed by atoms with Gasteiger partial charge < -0.3 is 4.74 Å². The van der Waals surface area contributed by atoms with Crippen LogP contribution in [0.25, 0.3) is 0 Å².